The van der Waals surface area contributed by atoms with Crippen molar-refractivity contribution in [3.05, 3.63) is 7.43 Å². The SMILES string of the molecule is C.C.C.C.C.C.[CH3-].[K+]. The normalized spacial score (nSPS) is 0. The molecule has 0 saturated heterocycles. The molecular formula is C7H27K. The molecule has 0 spiro atoms. The molecule has 0 N–H and O–H groups in total. The zero-order chi connectivity index (χ0) is 0. The summed E-state index contributed by atoms with van der Waals surface area (Å²) in [5.74, 6) is 0. The smallest absolute Gasteiger partial charge is 0.358 e. The molecule has 0 aromatic rings. The van der Waals surface area contributed by atoms with Gasteiger partial charge in [0.2, 0.25) is 0 Å². The second kappa shape index (κ2) is 188. The van der Waals surface area contributed by atoms with Gasteiger partial charge < -0.3 is 7.43 Å². The van der Waals surface area contributed by atoms with Crippen LogP contribution in [0.25, 0.3) is 0 Å². The van der Waals surface area contributed by atoms with Crippen LogP contribution >= 0.6 is 0 Å². The molecule has 0 atom stereocenters. The quantitative estimate of drug-likeness (QED) is 0.360. The van der Waals surface area contributed by atoms with Crippen molar-refractivity contribution in [3.8, 4) is 0 Å². The van der Waals surface area contributed by atoms with Crippen molar-refractivity contribution >= 4 is 0 Å². The molecule has 56 valence electrons. The van der Waals surface area contributed by atoms with Gasteiger partial charge in [-0.15, -0.1) is 0 Å². The van der Waals surface area contributed by atoms with Gasteiger partial charge in [0.15, 0.2) is 0 Å². The molecule has 0 aromatic heterocycles. The van der Waals surface area contributed by atoms with E-state index in [1.807, 2.05) is 0 Å². The third kappa shape index (κ3) is 126. The van der Waals surface area contributed by atoms with Gasteiger partial charge in [-0.2, -0.15) is 0 Å². The van der Waals surface area contributed by atoms with Crippen LogP contribution in [-0.2, 0) is 0 Å². The summed E-state index contributed by atoms with van der Waals surface area (Å²) in [7, 11) is 0. The third-order valence-corrected chi connectivity index (χ3v) is 0. The van der Waals surface area contributed by atoms with E-state index in [-0.39, 0.29) is 103 Å². The molecule has 0 rings (SSSR count). The fourth-order valence-electron chi connectivity index (χ4n) is 0. The van der Waals surface area contributed by atoms with Gasteiger partial charge in [0.25, 0.3) is 0 Å². The third-order valence-electron chi connectivity index (χ3n) is 0. The Morgan fingerprint density at radius 2 is 0.375 bits per heavy atom. The van der Waals surface area contributed by atoms with E-state index >= 15 is 0 Å². The zero-order valence-electron chi connectivity index (χ0n) is 2.00. The van der Waals surface area contributed by atoms with Crippen LogP contribution in [0.4, 0.5) is 0 Å². The van der Waals surface area contributed by atoms with Crippen LogP contribution < -0.4 is 51.4 Å². The Morgan fingerprint density at radius 1 is 0.375 bits per heavy atom. The molecule has 0 aliphatic carbocycles. The molecule has 0 aromatic carbocycles. The number of hydrogen-bond donors (Lipinski definition) is 0. The summed E-state index contributed by atoms with van der Waals surface area (Å²) in [6, 6.07) is 0. The molecular weight excluding hydrogens is 123 g/mol. The van der Waals surface area contributed by atoms with E-state index in [9.17, 15) is 0 Å². The summed E-state index contributed by atoms with van der Waals surface area (Å²) in [4.78, 5) is 0. The molecule has 0 aliphatic rings. The van der Waals surface area contributed by atoms with Crippen molar-refractivity contribution in [1.29, 1.82) is 0 Å². The maximum absolute atomic E-state index is 0. The Hall–Kier alpha value is 1.64. The van der Waals surface area contributed by atoms with E-state index < -0.39 is 0 Å². The summed E-state index contributed by atoms with van der Waals surface area (Å²) in [5.41, 5.74) is 0. The van der Waals surface area contributed by atoms with Gasteiger partial charge in [-0.3, -0.25) is 0 Å². The van der Waals surface area contributed by atoms with Crippen LogP contribution in [0.1, 0.15) is 44.6 Å². The Labute approximate surface area is 102 Å². The van der Waals surface area contributed by atoms with Gasteiger partial charge in [0.1, 0.15) is 0 Å². The van der Waals surface area contributed by atoms with Crippen LogP contribution in [0, 0.1) is 7.43 Å². The molecule has 8 heavy (non-hydrogen) atoms. The first-order chi connectivity index (χ1) is 0. The van der Waals surface area contributed by atoms with E-state index in [0.717, 1.165) is 0 Å². The van der Waals surface area contributed by atoms with Gasteiger partial charge in [0.05, 0.1) is 0 Å². The van der Waals surface area contributed by atoms with Crippen molar-refractivity contribution in [3.63, 3.8) is 0 Å². The molecule has 0 amide bonds. The molecule has 1 heteroatoms. The van der Waals surface area contributed by atoms with Crippen LogP contribution in [0.5, 0.6) is 0 Å². The predicted molar refractivity (Wildman–Crippen MR) is 46.8 cm³/mol. The Morgan fingerprint density at radius 3 is 0.375 bits per heavy atom. The molecule has 0 nitrogen and oxygen atoms in total. The van der Waals surface area contributed by atoms with Gasteiger partial charge in [-0.25, -0.2) is 0 Å². The van der Waals surface area contributed by atoms with E-state index in [4.69, 9.17) is 0 Å². The largest absolute Gasteiger partial charge is 1.00 e. The number of rotatable bonds is 0. The first kappa shape index (κ1) is 268. The summed E-state index contributed by atoms with van der Waals surface area (Å²) >= 11 is 0. The summed E-state index contributed by atoms with van der Waals surface area (Å²) < 4.78 is 0. The van der Waals surface area contributed by atoms with Gasteiger partial charge in [-0.05, 0) is 0 Å². The molecule has 0 radical (unpaired) electrons. The minimum Gasteiger partial charge on any atom is -0.358 e. The van der Waals surface area contributed by atoms with Crippen LogP contribution in [0.15, 0.2) is 0 Å². The first-order valence-electron chi connectivity index (χ1n) is 0. The van der Waals surface area contributed by atoms with Gasteiger partial charge in [-0.1, -0.05) is 44.6 Å². The van der Waals surface area contributed by atoms with Crippen LogP contribution in [0.3, 0.4) is 0 Å². The van der Waals surface area contributed by atoms with Crippen molar-refractivity contribution in [2.75, 3.05) is 0 Å². The van der Waals surface area contributed by atoms with Crippen molar-refractivity contribution in [2.45, 2.75) is 44.6 Å². The maximum Gasteiger partial charge on any atom is 1.00 e. The molecule has 0 aliphatic heterocycles. The summed E-state index contributed by atoms with van der Waals surface area (Å²) in [5, 5.41) is 0. The second-order valence-corrected chi connectivity index (χ2v) is 0. The van der Waals surface area contributed by atoms with Gasteiger partial charge in [0, 0.05) is 0 Å². The second-order valence-electron chi connectivity index (χ2n) is 0. The minimum atomic E-state index is 0. The monoisotopic (exact) mass is 150 g/mol. The molecule has 0 bridgehead atoms. The van der Waals surface area contributed by atoms with Gasteiger partial charge >= 0.3 is 51.4 Å². The molecule has 0 heterocycles. The van der Waals surface area contributed by atoms with E-state index in [2.05, 4.69) is 0 Å². The fourth-order valence-corrected chi connectivity index (χ4v) is 0. The van der Waals surface area contributed by atoms with Crippen LogP contribution in [-0.4, -0.2) is 0 Å². The summed E-state index contributed by atoms with van der Waals surface area (Å²) in [6.45, 7) is 0. The van der Waals surface area contributed by atoms with Crippen molar-refractivity contribution in [2.24, 2.45) is 0 Å². The topological polar surface area (TPSA) is 0 Å². The standard InChI is InChI=1S/6CH4.CH3.K/h6*1H4;1H3;/q;;;;;;-1;+1. The number of hydrogen-bond acceptors (Lipinski definition) is 0. The van der Waals surface area contributed by atoms with E-state index in [1.54, 1.807) is 0 Å². The average molecular weight is 150 g/mol. The predicted octanol–water partition coefficient (Wildman–Crippen LogP) is 1.27. The first-order valence-corrected chi connectivity index (χ1v) is 0. The van der Waals surface area contributed by atoms with Crippen LogP contribution in [0.2, 0.25) is 0 Å². The Kier molecular flexibility index (Phi) is 6310. The van der Waals surface area contributed by atoms with E-state index in [1.165, 1.54) is 0 Å². The molecule has 0 saturated carbocycles. The van der Waals surface area contributed by atoms with Crippen molar-refractivity contribution < 1.29 is 51.4 Å². The minimum absolute atomic E-state index is 0. The summed E-state index contributed by atoms with van der Waals surface area (Å²) in [6.07, 6.45) is 0. The molecule has 0 fully saturated rings. The molecule has 0 unspecified atom stereocenters. The fraction of sp³-hybridized carbons (Fsp3) is 0.857. The Balaban J connectivity index is 0. The Bertz CT molecular complexity index is 4.35. The van der Waals surface area contributed by atoms with E-state index in [0.29, 0.717) is 0 Å². The van der Waals surface area contributed by atoms with Crippen molar-refractivity contribution in [1.82, 2.24) is 0 Å². The average Bonchev–Trinajstić information content (AvgIpc) is 0. The maximum atomic E-state index is 0. The zero-order valence-corrected chi connectivity index (χ0v) is 5.12.